The molecule has 1 saturated heterocycles. The van der Waals surface area contributed by atoms with Gasteiger partial charge in [0, 0.05) is 5.69 Å². The SMILES string of the molecule is CCOc1cc(C=C2C(=O)N(c3ccccc3)C(=O)N(c3ccccc3)C2=O)cc(Cl)c1OCC(=O)Nc1ccccc1. The molecular formula is C33H26ClN3O6. The normalized spacial score (nSPS) is 13.2. The van der Waals surface area contributed by atoms with Gasteiger partial charge in [-0.15, -0.1) is 0 Å². The van der Waals surface area contributed by atoms with Crippen LogP contribution in [0.4, 0.5) is 21.9 Å². The highest BCUT2D eigenvalue weighted by molar-refractivity contribution is 6.46. The minimum absolute atomic E-state index is 0.0944. The summed E-state index contributed by atoms with van der Waals surface area (Å²) in [5, 5.41) is 2.82. The van der Waals surface area contributed by atoms with E-state index in [0.29, 0.717) is 22.6 Å². The number of urea groups is 1. The molecule has 43 heavy (non-hydrogen) atoms. The standard InChI is InChI=1S/C33H26ClN3O6/c1-2-42-28-20-22(19-27(34)30(28)43-21-29(38)35-23-12-6-3-7-13-23)18-26-31(39)36(24-14-8-4-9-15-24)33(41)37(32(26)40)25-16-10-5-11-17-25/h3-20H,2,21H2,1H3,(H,35,38). The van der Waals surface area contributed by atoms with E-state index < -0.39 is 23.8 Å². The molecule has 4 aromatic rings. The van der Waals surface area contributed by atoms with Gasteiger partial charge in [-0.05, 0) is 67.1 Å². The molecule has 0 aromatic heterocycles. The minimum atomic E-state index is -0.796. The largest absolute Gasteiger partial charge is 0.490 e. The summed E-state index contributed by atoms with van der Waals surface area (Å²) in [6.45, 7) is 1.67. The second-order valence-electron chi connectivity index (χ2n) is 9.26. The third-order valence-electron chi connectivity index (χ3n) is 6.33. The summed E-state index contributed by atoms with van der Waals surface area (Å²) >= 11 is 6.57. The van der Waals surface area contributed by atoms with E-state index in [-0.39, 0.29) is 35.3 Å². The number of halogens is 1. The maximum atomic E-state index is 13.7. The van der Waals surface area contributed by atoms with Gasteiger partial charge in [0.1, 0.15) is 5.57 Å². The van der Waals surface area contributed by atoms with Gasteiger partial charge in [0.25, 0.3) is 17.7 Å². The molecule has 5 amide bonds. The molecule has 0 unspecified atom stereocenters. The van der Waals surface area contributed by atoms with Crippen LogP contribution in [0.25, 0.3) is 6.08 Å². The van der Waals surface area contributed by atoms with Crippen LogP contribution < -0.4 is 24.6 Å². The highest BCUT2D eigenvalue weighted by Gasteiger charge is 2.43. The Hall–Kier alpha value is -5.41. The Kier molecular flexibility index (Phi) is 8.83. The molecule has 0 aliphatic carbocycles. The van der Waals surface area contributed by atoms with Gasteiger partial charge in [0.05, 0.1) is 23.0 Å². The van der Waals surface area contributed by atoms with E-state index in [1.807, 2.05) is 6.07 Å². The van der Waals surface area contributed by atoms with Crippen LogP contribution in [0.15, 0.2) is 109 Å². The quantitative estimate of drug-likeness (QED) is 0.179. The zero-order chi connectivity index (χ0) is 30.3. The zero-order valence-electron chi connectivity index (χ0n) is 23.0. The van der Waals surface area contributed by atoms with Crippen molar-refractivity contribution in [3.05, 3.63) is 119 Å². The Morgan fingerprint density at radius 2 is 1.33 bits per heavy atom. The second kappa shape index (κ2) is 13.1. The van der Waals surface area contributed by atoms with E-state index in [9.17, 15) is 19.2 Å². The molecule has 9 nitrogen and oxygen atoms in total. The third-order valence-corrected chi connectivity index (χ3v) is 6.61. The summed E-state index contributed by atoms with van der Waals surface area (Å²) in [4.78, 5) is 55.2. The Bertz CT molecular complexity index is 1630. The molecule has 0 spiro atoms. The number of para-hydroxylation sites is 3. The highest BCUT2D eigenvalue weighted by atomic mass is 35.5. The van der Waals surface area contributed by atoms with E-state index in [1.54, 1.807) is 97.9 Å². The van der Waals surface area contributed by atoms with E-state index in [2.05, 4.69) is 5.32 Å². The van der Waals surface area contributed by atoms with Crippen molar-refractivity contribution in [3.63, 3.8) is 0 Å². The first-order chi connectivity index (χ1) is 20.9. The van der Waals surface area contributed by atoms with Crippen molar-refractivity contribution < 1.29 is 28.7 Å². The number of amides is 5. The topological polar surface area (TPSA) is 105 Å². The monoisotopic (exact) mass is 595 g/mol. The summed E-state index contributed by atoms with van der Waals surface area (Å²) in [5.74, 6) is -1.65. The molecule has 216 valence electrons. The Morgan fingerprint density at radius 1 is 0.791 bits per heavy atom. The summed E-state index contributed by atoms with van der Waals surface area (Å²) in [6.07, 6.45) is 1.35. The lowest BCUT2D eigenvalue weighted by Gasteiger charge is -2.34. The van der Waals surface area contributed by atoms with Crippen LogP contribution in [0, 0.1) is 0 Å². The number of ether oxygens (including phenoxy) is 2. The Balaban J connectivity index is 1.49. The number of benzene rings is 4. The lowest BCUT2D eigenvalue weighted by molar-refractivity contribution is -0.121. The van der Waals surface area contributed by atoms with Gasteiger partial charge in [-0.25, -0.2) is 14.6 Å². The Morgan fingerprint density at radius 3 is 1.86 bits per heavy atom. The number of imide groups is 2. The number of rotatable bonds is 9. The molecule has 4 aromatic carbocycles. The number of hydrogen-bond donors (Lipinski definition) is 1. The van der Waals surface area contributed by atoms with E-state index in [4.69, 9.17) is 21.1 Å². The number of carbonyl (C=O) groups excluding carboxylic acids is 4. The van der Waals surface area contributed by atoms with Crippen LogP contribution in [0.1, 0.15) is 12.5 Å². The smallest absolute Gasteiger partial charge is 0.343 e. The lowest BCUT2D eigenvalue weighted by atomic mass is 10.0. The van der Waals surface area contributed by atoms with Gasteiger partial charge in [0.15, 0.2) is 18.1 Å². The fourth-order valence-electron chi connectivity index (χ4n) is 4.44. The number of nitrogens with zero attached hydrogens (tertiary/aromatic N) is 2. The van der Waals surface area contributed by atoms with Crippen molar-refractivity contribution in [2.45, 2.75) is 6.92 Å². The molecule has 1 N–H and O–H groups in total. The van der Waals surface area contributed by atoms with Crippen LogP contribution >= 0.6 is 11.6 Å². The molecular weight excluding hydrogens is 570 g/mol. The summed E-state index contributed by atoms with van der Waals surface area (Å²) < 4.78 is 11.5. The molecule has 0 bridgehead atoms. The van der Waals surface area contributed by atoms with Gasteiger partial charge < -0.3 is 14.8 Å². The van der Waals surface area contributed by atoms with Crippen molar-refractivity contribution in [1.82, 2.24) is 0 Å². The van der Waals surface area contributed by atoms with Gasteiger partial charge in [-0.3, -0.25) is 14.4 Å². The van der Waals surface area contributed by atoms with E-state index >= 15 is 0 Å². The fraction of sp³-hybridized carbons (Fsp3) is 0.0909. The average Bonchev–Trinajstić information content (AvgIpc) is 3.01. The minimum Gasteiger partial charge on any atom is -0.490 e. The van der Waals surface area contributed by atoms with Crippen molar-refractivity contribution in [2.24, 2.45) is 0 Å². The molecule has 1 aliphatic heterocycles. The van der Waals surface area contributed by atoms with Crippen LogP contribution in [0.2, 0.25) is 5.02 Å². The van der Waals surface area contributed by atoms with E-state index in [1.165, 1.54) is 12.1 Å². The summed E-state index contributed by atoms with van der Waals surface area (Å²) in [7, 11) is 0. The van der Waals surface area contributed by atoms with Crippen molar-refractivity contribution >= 4 is 58.5 Å². The first kappa shape index (κ1) is 29.1. The zero-order valence-corrected chi connectivity index (χ0v) is 23.8. The maximum absolute atomic E-state index is 13.7. The molecule has 5 rings (SSSR count). The number of hydrogen-bond acceptors (Lipinski definition) is 6. The highest BCUT2D eigenvalue weighted by Crippen LogP contribution is 2.38. The van der Waals surface area contributed by atoms with Crippen molar-refractivity contribution in [3.8, 4) is 11.5 Å². The van der Waals surface area contributed by atoms with Crippen LogP contribution in [-0.2, 0) is 14.4 Å². The van der Waals surface area contributed by atoms with Crippen LogP contribution in [0.3, 0.4) is 0 Å². The lowest BCUT2D eigenvalue weighted by Crippen LogP contribution is -2.57. The molecule has 0 atom stereocenters. The molecule has 1 fully saturated rings. The van der Waals surface area contributed by atoms with E-state index in [0.717, 1.165) is 9.80 Å². The molecule has 10 heteroatoms. The molecule has 0 radical (unpaired) electrons. The summed E-state index contributed by atoms with van der Waals surface area (Å²) in [5.41, 5.74) is 1.32. The Labute approximate surface area is 252 Å². The van der Waals surface area contributed by atoms with Gasteiger partial charge in [-0.1, -0.05) is 66.2 Å². The van der Waals surface area contributed by atoms with Crippen LogP contribution in [-0.4, -0.2) is 37.0 Å². The second-order valence-corrected chi connectivity index (χ2v) is 9.67. The number of nitrogens with one attached hydrogen (secondary N) is 1. The molecule has 1 aliphatic rings. The average molecular weight is 596 g/mol. The predicted octanol–water partition coefficient (Wildman–Crippen LogP) is 6.34. The van der Waals surface area contributed by atoms with Gasteiger partial charge in [0.2, 0.25) is 0 Å². The number of anilines is 3. The molecule has 0 saturated carbocycles. The number of barbiturate groups is 1. The number of carbonyl (C=O) groups is 4. The van der Waals surface area contributed by atoms with Gasteiger partial charge >= 0.3 is 6.03 Å². The van der Waals surface area contributed by atoms with Gasteiger partial charge in [-0.2, -0.15) is 0 Å². The van der Waals surface area contributed by atoms with Crippen molar-refractivity contribution in [2.75, 3.05) is 28.3 Å². The van der Waals surface area contributed by atoms with Crippen LogP contribution in [0.5, 0.6) is 11.5 Å². The third kappa shape index (κ3) is 6.42. The first-order valence-electron chi connectivity index (χ1n) is 13.4. The molecule has 1 heterocycles. The maximum Gasteiger partial charge on any atom is 0.343 e. The summed E-state index contributed by atoms with van der Waals surface area (Å²) in [6, 6.07) is 27.9. The predicted molar refractivity (Wildman–Crippen MR) is 164 cm³/mol. The van der Waals surface area contributed by atoms with Crippen molar-refractivity contribution in [1.29, 1.82) is 0 Å². The fourth-order valence-corrected chi connectivity index (χ4v) is 4.71. The first-order valence-corrected chi connectivity index (χ1v) is 13.7.